The molecule has 8 heteroatoms. The Morgan fingerprint density at radius 3 is 2.43 bits per heavy atom. The molecule has 2 amide bonds. The minimum Gasteiger partial charge on any atom is -0.467 e. The van der Waals surface area contributed by atoms with Gasteiger partial charge in [0.2, 0.25) is 0 Å². The summed E-state index contributed by atoms with van der Waals surface area (Å²) in [6.45, 7) is 1.37. The zero-order valence-corrected chi connectivity index (χ0v) is 12.4. The Balaban J connectivity index is 2.62. The third-order valence-corrected chi connectivity index (χ3v) is 3.34. The van der Waals surface area contributed by atoms with Gasteiger partial charge in [0.05, 0.1) is 12.5 Å². The first-order valence-electron chi connectivity index (χ1n) is 5.98. The van der Waals surface area contributed by atoms with E-state index in [1.807, 2.05) is 0 Å². The number of rotatable bonds is 5. The van der Waals surface area contributed by atoms with Crippen molar-refractivity contribution in [2.45, 2.75) is 13.0 Å². The van der Waals surface area contributed by atoms with E-state index < -0.39 is 28.1 Å². The quantitative estimate of drug-likeness (QED) is 0.785. The van der Waals surface area contributed by atoms with E-state index >= 15 is 0 Å². The van der Waals surface area contributed by atoms with Gasteiger partial charge in [-0.2, -0.15) is 0 Å². The summed E-state index contributed by atoms with van der Waals surface area (Å²) < 4.78 is 29.5. The molecule has 114 valence electrons. The first-order chi connectivity index (χ1) is 9.84. The Morgan fingerprint density at radius 2 is 1.86 bits per heavy atom. The lowest BCUT2D eigenvalue weighted by Crippen LogP contribution is -2.46. The number of nitrogens with one attached hydrogen (secondary N) is 2. The minimum atomic E-state index is -3.95. The van der Waals surface area contributed by atoms with Gasteiger partial charge in [-0.3, -0.25) is 0 Å². The summed E-state index contributed by atoms with van der Waals surface area (Å²) in [7, 11) is -2.79. The highest BCUT2D eigenvalue weighted by Gasteiger charge is 2.18. The monoisotopic (exact) mass is 312 g/mol. The summed E-state index contributed by atoms with van der Waals surface area (Å²) >= 11 is 0. The highest BCUT2D eigenvalue weighted by atomic mass is 32.2. The Kier molecular flexibility index (Phi) is 5.92. The van der Waals surface area contributed by atoms with E-state index in [9.17, 15) is 18.0 Å². The Morgan fingerprint density at radius 1 is 1.24 bits per heavy atom. The molecule has 7 nitrogen and oxygen atoms in total. The molecule has 0 aromatic heterocycles. The standard InChI is InChI=1S/C13H16N2O5S/c1-10(12(16)20-2)14-13(17)15-21(18,19)9-8-11-6-4-3-5-7-11/h3-10H,1-2H3,(H2,14,15,17). The molecule has 0 bridgehead atoms. The van der Waals surface area contributed by atoms with Gasteiger partial charge in [0.25, 0.3) is 10.0 Å². The smallest absolute Gasteiger partial charge is 0.329 e. The fourth-order valence-corrected chi connectivity index (χ4v) is 2.08. The maximum absolute atomic E-state index is 11.7. The molecule has 0 radical (unpaired) electrons. The number of methoxy groups -OCH3 is 1. The SMILES string of the molecule is COC(=O)C(C)NC(=O)NS(=O)(=O)C=Cc1ccccc1. The van der Waals surface area contributed by atoms with Crippen molar-refractivity contribution in [2.75, 3.05) is 7.11 Å². The van der Waals surface area contributed by atoms with Crippen molar-refractivity contribution in [3.8, 4) is 0 Å². The van der Waals surface area contributed by atoms with Crippen molar-refractivity contribution in [2.24, 2.45) is 0 Å². The number of esters is 1. The van der Waals surface area contributed by atoms with E-state index in [0.29, 0.717) is 5.56 Å². The van der Waals surface area contributed by atoms with E-state index in [-0.39, 0.29) is 0 Å². The molecule has 0 aliphatic carbocycles. The zero-order chi connectivity index (χ0) is 15.9. The van der Waals surface area contributed by atoms with Crippen LogP contribution in [0.15, 0.2) is 35.7 Å². The lowest BCUT2D eigenvalue weighted by molar-refractivity contribution is -0.142. The van der Waals surface area contributed by atoms with Crippen molar-refractivity contribution in [3.63, 3.8) is 0 Å². The summed E-state index contributed by atoms with van der Waals surface area (Å²) in [6.07, 6.45) is 1.35. The molecule has 1 rings (SSSR count). The van der Waals surface area contributed by atoms with Crippen LogP contribution < -0.4 is 10.0 Å². The van der Waals surface area contributed by atoms with Gasteiger partial charge in [-0.25, -0.2) is 22.7 Å². The fraction of sp³-hybridized carbons (Fsp3) is 0.231. The zero-order valence-electron chi connectivity index (χ0n) is 11.6. The van der Waals surface area contributed by atoms with Crippen molar-refractivity contribution < 1.29 is 22.7 Å². The van der Waals surface area contributed by atoms with Crippen LogP contribution in [-0.4, -0.2) is 33.6 Å². The average molecular weight is 312 g/mol. The number of hydrogen-bond donors (Lipinski definition) is 2. The first kappa shape index (κ1) is 16.7. The van der Waals surface area contributed by atoms with Crippen LogP contribution >= 0.6 is 0 Å². The first-order valence-corrected chi connectivity index (χ1v) is 7.53. The summed E-state index contributed by atoms with van der Waals surface area (Å²) in [5.74, 6) is -0.678. The van der Waals surface area contributed by atoms with Gasteiger partial charge < -0.3 is 10.1 Å². The van der Waals surface area contributed by atoms with Crippen molar-refractivity contribution >= 4 is 28.1 Å². The van der Waals surface area contributed by atoms with E-state index in [0.717, 1.165) is 12.5 Å². The van der Waals surface area contributed by atoms with E-state index in [1.54, 1.807) is 35.1 Å². The largest absolute Gasteiger partial charge is 0.467 e. The molecule has 21 heavy (non-hydrogen) atoms. The molecule has 0 saturated heterocycles. The average Bonchev–Trinajstić information content (AvgIpc) is 2.44. The molecular formula is C13H16N2O5S. The van der Waals surface area contributed by atoms with Gasteiger partial charge in [0.1, 0.15) is 6.04 Å². The molecule has 0 spiro atoms. The number of urea groups is 1. The highest BCUT2D eigenvalue weighted by Crippen LogP contribution is 2.02. The Labute approximate surface area is 123 Å². The second-order valence-electron chi connectivity index (χ2n) is 4.08. The number of benzene rings is 1. The third-order valence-electron chi connectivity index (χ3n) is 2.38. The number of ether oxygens (including phenoxy) is 1. The molecular weight excluding hydrogens is 296 g/mol. The summed E-state index contributed by atoms with van der Waals surface area (Å²) in [4.78, 5) is 22.6. The van der Waals surface area contributed by atoms with Crippen LogP contribution in [-0.2, 0) is 19.6 Å². The van der Waals surface area contributed by atoms with Crippen molar-refractivity contribution in [3.05, 3.63) is 41.3 Å². The minimum absolute atomic E-state index is 0.672. The highest BCUT2D eigenvalue weighted by molar-refractivity contribution is 7.93. The van der Waals surface area contributed by atoms with E-state index in [1.165, 1.54) is 13.0 Å². The predicted molar refractivity (Wildman–Crippen MR) is 77.5 cm³/mol. The second kappa shape index (κ2) is 7.44. The molecule has 0 heterocycles. The lowest BCUT2D eigenvalue weighted by Gasteiger charge is -2.11. The van der Waals surface area contributed by atoms with Gasteiger partial charge in [0.15, 0.2) is 0 Å². The molecule has 2 N–H and O–H groups in total. The van der Waals surface area contributed by atoms with Gasteiger partial charge in [-0.05, 0) is 18.6 Å². The van der Waals surface area contributed by atoms with Crippen LogP contribution in [0.25, 0.3) is 6.08 Å². The normalized spacial score (nSPS) is 12.7. The molecule has 0 fully saturated rings. The van der Waals surface area contributed by atoms with E-state index in [2.05, 4.69) is 10.1 Å². The Hall–Kier alpha value is -2.35. The van der Waals surface area contributed by atoms with Gasteiger partial charge in [-0.15, -0.1) is 0 Å². The van der Waals surface area contributed by atoms with Gasteiger partial charge in [-0.1, -0.05) is 30.3 Å². The summed E-state index contributed by atoms with van der Waals surface area (Å²) in [6, 6.07) is 6.77. The van der Waals surface area contributed by atoms with Crippen molar-refractivity contribution in [1.29, 1.82) is 0 Å². The van der Waals surface area contributed by atoms with Crippen LogP contribution in [0.5, 0.6) is 0 Å². The molecule has 1 aromatic carbocycles. The number of sulfonamides is 1. The van der Waals surface area contributed by atoms with Crippen LogP contribution in [0.2, 0.25) is 0 Å². The molecule has 0 saturated carbocycles. The Bertz CT molecular complexity index is 625. The predicted octanol–water partition coefficient (Wildman–Crippen LogP) is 0.848. The number of amides is 2. The lowest BCUT2D eigenvalue weighted by atomic mass is 10.2. The number of hydrogen-bond acceptors (Lipinski definition) is 5. The molecule has 0 aliphatic heterocycles. The maximum Gasteiger partial charge on any atom is 0.329 e. The van der Waals surface area contributed by atoms with Crippen LogP contribution in [0.3, 0.4) is 0 Å². The van der Waals surface area contributed by atoms with Gasteiger partial charge >= 0.3 is 12.0 Å². The number of carbonyl (C=O) groups excluding carboxylic acids is 2. The molecule has 1 atom stereocenters. The molecule has 0 aliphatic rings. The summed E-state index contributed by atoms with van der Waals surface area (Å²) in [5.41, 5.74) is 0.672. The maximum atomic E-state index is 11.7. The van der Waals surface area contributed by atoms with Gasteiger partial charge in [0, 0.05) is 0 Å². The van der Waals surface area contributed by atoms with E-state index in [4.69, 9.17) is 0 Å². The van der Waals surface area contributed by atoms with Crippen LogP contribution in [0.4, 0.5) is 4.79 Å². The molecule has 1 unspecified atom stereocenters. The fourth-order valence-electron chi connectivity index (χ4n) is 1.36. The summed E-state index contributed by atoms with van der Waals surface area (Å²) in [5, 5.41) is 3.01. The number of carbonyl (C=O) groups is 2. The topological polar surface area (TPSA) is 102 Å². The van der Waals surface area contributed by atoms with Crippen LogP contribution in [0.1, 0.15) is 12.5 Å². The van der Waals surface area contributed by atoms with Crippen molar-refractivity contribution in [1.82, 2.24) is 10.0 Å². The second-order valence-corrected chi connectivity index (χ2v) is 5.65. The molecule has 1 aromatic rings. The van der Waals surface area contributed by atoms with Crippen LogP contribution in [0, 0.1) is 0 Å². The third kappa shape index (κ3) is 6.09.